The molecule has 1 N–H and O–H groups in total. The molecule has 0 aliphatic carbocycles. The van der Waals surface area contributed by atoms with E-state index in [1.54, 1.807) is 24.3 Å². The fraction of sp³-hybridized carbons (Fsp3) is 0.158. The number of rotatable bonds is 6. The van der Waals surface area contributed by atoms with Gasteiger partial charge < -0.3 is 14.8 Å². The number of hydrogen-bond acceptors (Lipinski definition) is 7. The molecule has 2 aromatic carbocycles. The van der Waals surface area contributed by atoms with E-state index in [-0.39, 0.29) is 5.69 Å². The maximum absolute atomic E-state index is 11.0. The summed E-state index contributed by atoms with van der Waals surface area (Å²) < 4.78 is 10.9. The summed E-state index contributed by atoms with van der Waals surface area (Å²) in [6.45, 7) is 2.30. The maximum Gasteiger partial charge on any atom is 0.271 e. The van der Waals surface area contributed by atoms with Crippen LogP contribution in [0.4, 0.5) is 17.1 Å². The van der Waals surface area contributed by atoms with E-state index < -0.39 is 4.92 Å². The van der Waals surface area contributed by atoms with Crippen LogP contribution in [0.3, 0.4) is 0 Å². The van der Waals surface area contributed by atoms with Gasteiger partial charge in [0, 0.05) is 35.5 Å². The Hall–Kier alpha value is -3.86. The average molecular weight is 364 g/mol. The number of benzene rings is 2. The minimum Gasteiger partial charge on any atom is -0.493 e. The molecule has 27 heavy (non-hydrogen) atoms. The van der Waals surface area contributed by atoms with Crippen molar-refractivity contribution in [2.45, 2.75) is 6.92 Å². The van der Waals surface area contributed by atoms with Gasteiger partial charge in [-0.2, -0.15) is 5.26 Å². The molecule has 8 heteroatoms. The summed E-state index contributed by atoms with van der Waals surface area (Å²) in [5.74, 6) is 1.05. The summed E-state index contributed by atoms with van der Waals surface area (Å²) in [4.78, 5) is 14.8. The minimum atomic E-state index is -0.473. The number of ether oxygens (including phenoxy) is 2. The SMILES string of the molecule is CCOc1cc2c(Nc3cccc([N+](=O)[O-])c3)c(C#N)cnc2cc1OC. The van der Waals surface area contributed by atoms with Crippen molar-refractivity contribution in [2.24, 2.45) is 0 Å². The predicted octanol–water partition coefficient (Wildman–Crippen LogP) is 4.17. The van der Waals surface area contributed by atoms with E-state index >= 15 is 0 Å². The van der Waals surface area contributed by atoms with Crippen LogP contribution >= 0.6 is 0 Å². The number of anilines is 2. The molecule has 0 saturated carbocycles. The Labute approximate surface area is 155 Å². The topological polar surface area (TPSA) is 110 Å². The summed E-state index contributed by atoms with van der Waals surface area (Å²) in [5.41, 5.74) is 1.84. The van der Waals surface area contributed by atoms with E-state index in [1.807, 2.05) is 6.92 Å². The third-order valence-electron chi connectivity index (χ3n) is 3.90. The third kappa shape index (κ3) is 3.57. The molecule has 1 aromatic heterocycles. The van der Waals surface area contributed by atoms with E-state index in [4.69, 9.17) is 9.47 Å². The number of pyridine rings is 1. The first-order valence-corrected chi connectivity index (χ1v) is 8.12. The highest BCUT2D eigenvalue weighted by Crippen LogP contribution is 2.37. The molecule has 0 aliphatic rings. The number of nitrogens with one attached hydrogen (secondary N) is 1. The monoisotopic (exact) mass is 364 g/mol. The van der Waals surface area contributed by atoms with Crippen molar-refractivity contribution >= 4 is 28.0 Å². The zero-order valence-electron chi connectivity index (χ0n) is 14.7. The van der Waals surface area contributed by atoms with Crippen molar-refractivity contribution in [3.8, 4) is 17.6 Å². The standard InChI is InChI=1S/C19H16N4O4/c1-3-27-18-8-15-16(9-17(18)26-2)21-11-12(10-20)19(15)22-13-5-4-6-14(7-13)23(24)25/h4-9,11H,3H2,1-2H3,(H,21,22). The number of methoxy groups -OCH3 is 1. The molecule has 0 unspecified atom stereocenters. The third-order valence-corrected chi connectivity index (χ3v) is 3.90. The number of nitriles is 1. The lowest BCUT2D eigenvalue weighted by atomic mass is 10.1. The summed E-state index contributed by atoms with van der Waals surface area (Å²) >= 11 is 0. The number of hydrogen-bond donors (Lipinski definition) is 1. The van der Waals surface area contributed by atoms with Gasteiger partial charge in [0.25, 0.3) is 5.69 Å². The average Bonchev–Trinajstić information content (AvgIpc) is 2.68. The van der Waals surface area contributed by atoms with Crippen LogP contribution in [0.15, 0.2) is 42.6 Å². The molecule has 0 atom stereocenters. The molecule has 3 aromatic rings. The fourth-order valence-electron chi connectivity index (χ4n) is 2.69. The largest absolute Gasteiger partial charge is 0.493 e. The highest BCUT2D eigenvalue weighted by atomic mass is 16.6. The van der Waals surface area contributed by atoms with Gasteiger partial charge in [-0.05, 0) is 19.1 Å². The molecule has 0 radical (unpaired) electrons. The van der Waals surface area contributed by atoms with Crippen LogP contribution in [-0.2, 0) is 0 Å². The highest BCUT2D eigenvalue weighted by Gasteiger charge is 2.15. The second-order valence-corrected chi connectivity index (χ2v) is 5.54. The second-order valence-electron chi connectivity index (χ2n) is 5.54. The summed E-state index contributed by atoms with van der Waals surface area (Å²) in [6, 6.07) is 11.6. The van der Waals surface area contributed by atoms with Crippen molar-refractivity contribution in [3.05, 3.63) is 58.3 Å². The second kappa shape index (κ2) is 7.58. The van der Waals surface area contributed by atoms with E-state index in [0.717, 1.165) is 0 Å². The van der Waals surface area contributed by atoms with E-state index in [2.05, 4.69) is 16.4 Å². The van der Waals surface area contributed by atoms with Gasteiger partial charge in [-0.3, -0.25) is 15.1 Å². The van der Waals surface area contributed by atoms with Crippen molar-refractivity contribution in [1.29, 1.82) is 5.26 Å². The van der Waals surface area contributed by atoms with Crippen LogP contribution in [-0.4, -0.2) is 23.6 Å². The van der Waals surface area contributed by atoms with Crippen LogP contribution in [0.1, 0.15) is 12.5 Å². The molecule has 0 amide bonds. The normalized spacial score (nSPS) is 10.3. The molecule has 0 aliphatic heterocycles. The van der Waals surface area contributed by atoms with Crippen LogP contribution in [0.5, 0.6) is 11.5 Å². The molecule has 1 heterocycles. The number of fused-ring (bicyclic) bond motifs is 1. The Bertz CT molecular complexity index is 1060. The summed E-state index contributed by atoms with van der Waals surface area (Å²) in [5, 5.41) is 24.2. The Morgan fingerprint density at radius 1 is 1.30 bits per heavy atom. The number of nitro groups is 1. The van der Waals surface area contributed by atoms with Gasteiger partial charge in [-0.15, -0.1) is 0 Å². The molecule has 3 rings (SSSR count). The van der Waals surface area contributed by atoms with Crippen molar-refractivity contribution in [2.75, 3.05) is 19.0 Å². The van der Waals surface area contributed by atoms with Gasteiger partial charge in [0.1, 0.15) is 6.07 Å². The first kappa shape index (κ1) is 17.9. The van der Waals surface area contributed by atoms with Crippen LogP contribution in [0.2, 0.25) is 0 Å². The Balaban J connectivity index is 2.17. The van der Waals surface area contributed by atoms with Gasteiger partial charge in [-0.1, -0.05) is 6.07 Å². The quantitative estimate of drug-likeness (QED) is 0.516. The van der Waals surface area contributed by atoms with E-state index in [1.165, 1.54) is 25.4 Å². The smallest absolute Gasteiger partial charge is 0.271 e. The van der Waals surface area contributed by atoms with Gasteiger partial charge in [0.15, 0.2) is 11.5 Å². The van der Waals surface area contributed by atoms with E-state index in [0.29, 0.717) is 45.9 Å². The zero-order valence-corrected chi connectivity index (χ0v) is 14.7. The molecular formula is C19H16N4O4. The Kier molecular flexibility index (Phi) is 5.04. The molecule has 8 nitrogen and oxygen atoms in total. The number of nitro benzene ring substituents is 1. The Morgan fingerprint density at radius 2 is 2.11 bits per heavy atom. The van der Waals surface area contributed by atoms with Gasteiger partial charge >= 0.3 is 0 Å². The highest BCUT2D eigenvalue weighted by molar-refractivity contribution is 5.97. The van der Waals surface area contributed by atoms with Crippen molar-refractivity contribution in [3.63, 3.8) is 0 Å². The molecular weight excluding hydrogens is 348 g/mol. The van der Waals surface area contributed by atoms with Crippen LogP contribution in [0, 0.1) is 21.4 Å². The maximum atomic E-state index is 11.0. The van der Waals surface area contributed by atoms with Crippen LogP contribution in [0.25, 0.3) is 10.9 Å². The van der Waals surface area contributed by atoms with Crippen molar-refractivity contribution in [1.82, 2.24) is 4.98 Å². The van der Waals surface area contributed by atoms with Crippen molar-refractivity contribution < 1.29 is 14.4 Å². The zero-order chi connectivity index (χ0) is 19.4. The lowest BCUT2D eigenvalue weighted by molar-refractivity contribution is -0.384. The van der Waals surface area contributed by atoms with Gasteiger partial charge in [0.2, 0.25) is 0 Å². The van der Waals surface area contributed by atoms with Gasteiger partial charge in [0.05, 0.1) is 35.4 Å². The minimum absolute atomic E-state index is 0.0476. The molecule has 0 saturated heterocycles. The van der Waals surface area contributed by atoms with E-state index in [9.17, 15) is 15.4 Å². The fourth-order valence-corrected chi connectivity index (χ4v) is 2.69. The number of non-ortho nitro benzene ring substituents is 1. The summed E-state index contributed by atoms with van der Waals surface area (Å²) in [6.07, 6.45) is 1.45. The van der Waals surface area contributed by atoms with Gasteiger partial charge in [-0.25, -0.2) is 0 Å². The summed E-state index contributed by atoms with van der Waals surface area (Å²) in [7, 11) is 1.54. The first-order chi connectivity index (χ1) is 13.1. The molecule has 0 spiro atoms. The first-order valence-electron chi connectivity index (χ1n) is 8.12. The number of aromatic nitrogens is 1. The molecule has 0 bridgehead atoms. The Morgan fingerprint density at radius 3 is 2.78 bits per heavy atom. The molecule has 0 fully saturated rings. The number of nitrogens with zero attached hydrogens (tertiary/aromatic N) is 3. The predicted molar refractivity (Wildman–Crippen MR) is 101 cm³/mol. The lowest BCUT2D eigenvalue weighted by Crippen LogP contribution is -2.00. The molecule has 136 valence electrons. The lowest BCUT2D eigenvalue weighted by Gasteiger charge is -2.15. The van der Waals surface area contributed by atoms with Crippen LogP contribution < -0.4 is 14.8 Å².